The van der Waals surface area contributed by atoms with Crippen molar-refractivity contribution in [1.29, 1.82) is 0 Å². The Morgan fingerprint density at radius 1 is 1.52 bits per heavy atom. The third-order valence-corrected chi connectivity index (χ3v) is 4.44. The minimum atomic E-state index is -1.28. The van der Waals surface area contributed by atoms with E-state index in [9.17, 15) is 18.4 Å². The first-order chi connectivity index (χ1) is 10.1. The van der Waals surface area contributed by atoms with Crippen LogP contribution in [0.3, 0.4) is 0 Å². The number of amides is 1. The summed E-state index contributed by atoms with van der Waals surface area (Å²) in [6, 6.07) is 1.05. The van der Waals surface area contributed by atoms with Gasteiger partial charge in [0.1, 0.15) is 0 Å². The Morgan fingerprint density at radius 2 is 2.29 bits per heavy atom. The second-order valence-electron chi connectivity index (χ2n) is 4.60. The van der Waals surface area contributed by atoms with E-state index in [1.165, 1.54) is 4.90 Å². The van der Waals surface area contributed by atoms with E-state index in [-0.39, 0.29) is 28.8 Å². The number of halogens is 2. The van der Waals surface area contributed by atoms with Gasteiger partial charge in [0.25, 0.3) is 5.24 Å². The van der Waals surface area contributed by atoms with Crippen molar-refractivity contribution in [2.24, 2.45) is 0 Å². The Balaban J connectivity index is 2.22. The number of benzene rings is 1. The number of carbonyl (C=O) groups is 2. The SMILES string of the molecule is CC[C@@H]1CSC(=O)N1c1noc2c(F)c(F)c(C=O)cc12. The van der Waals surface area contributed by atoms with Crippen LogP contribution in [0.15, 0.2) is 10.6 Å². The van der Waals surface area contributed by atoms with Gasteiger partial charge < -0.3 is 4.52 Å². The van der Waals surface area contributed by atoms with E-state index < -0.39 is 22.8 Å². The molecule has 1 atom stereocenters. The van der Waals surface area contributed by atoms with Crippen LogP contribution in [0.5, 0.6) is 0 Å². The van der Waals surface area contributed by atoms with E-state index in [4.69, 9.17) is 4.52 Å². The number of hydrogen-bond donors (Lipinski definition) is 0. The fraction of sp³-hybridized carbons (Fsp3) is 0.308. The number of aldehydes is 1. The number of carbonyl (C=O) groups excluding carboxylic acids is 2. The van der Waals surface area contributed by atoms with Crippen LogP contribution in [0.2, 0.25) is 0 Å². The highest BCUT2D eigenvalue weighted by Gasteiger charge is 2.36. The lowest BCUT2D eigenvalue weighted by Crippen LogP contribution is -2.32. The first-order valence-corrected chi connectivity index (χ1v) is 7.25. The molecule has 1 fully saturated rings. The van der Waals surface area contributed by atoms with Gasteiger partial charge in [0.2, 0.25) is 11.4 Å². The van der Waals surface area contributed by atoms with Crippen molar-refractivity contribution < 1.29 is 22.9 Å². The summed E-state index contributed by atoms with van der Waals surface area (Å²) in [6.45, 7) is 1.91. The van der Waals surface area contributed by atoms with Gasteiger partial charge in [0.15, 0.2) is 17.9 Å². The Labute approximate surface area is 122 Å². The first kappa shape index (κ1) is 14.0. The van der Waals surface area contributed by atoms with Crippen LogP contribution >= 0.6 is 11.8 Å². The fourth-order valence-corrected chi connectivity index (χ4v) is 3.40. The summed E-state index contributed by atoms with van der Waals surface area (Å²) in [4.78, 5) is 24.2. The standard InChI is InChI=1S/C13H10F2N2O3S/c1-2-7-5-21-13(19)17(7)12-8-3-6(4-18)9(14)10(15)11(8)20-16-12/h3-4,7H,2,5H2,1H3/t7-/m1/s1. The average molecular weight is 312 g/mol. The quantitative estimate of drug-likeness (QED) is 0.813. The molecule has 0 aliphatic carbocycles. The second kappa shape index (κ2) is 5.10. The molecule has 1 amide bonds. The molecule has 0 saturated carbocycles. The molecule has 5 nitrogen and oxygen atoms in total. The van der Waals surface area contributed by atoms with Crippen molar-refractivity contribution in [1.82, 2.24) is 5.16 Å². The molecule has 0 bridgehead atoms. The summed E-state index contributed by atoms with van der Waals surface area (Å²) >= 11 is 1.13. The molecule has 1 saturated heterocycles. The molecule has 0 spiro atoms. The van der Waals surface area contributed by atoms with Crippen LogP contribution in [-0.2, 0) is 0 Å². The molecule has 1 aliphatic rings. The molecular formula is C13H10F2N2O3S. The lowest BCUT2D eigenvalue weighted by molar-refractivity contribution is 0.111. The lowest BCUT2D eigenvalue weighted by Gasteiger charge is -2.19. The average Bonchev–Trinajstić information content (AvgIpc) is 3.05. The number of hydrogen-bond acceptors (Lipinski definition) is 5. The highest BCUT2D eigenvalue weighted by atomic mass is 32.2. The van der Waals surface area contributed by atoms with Gasteiger partial charge in [-0.25, -0.2) is 4.39 Å². The summed E-state index contributed by atoms with van der Waals surface area (Å²) in [5.41, 5.74) is -0.829. The number of anilines is 1. The number of thioether (sulfide) groups is 1. The Hall–Kier alpha value is -1.96. The molecule has 0 radical (unpaired) electrons. The molecule has 0 unspecified atom stereocenters. The van der Waals surface area contributed by atoms with E-state index in [2.05, 4.69) is 5.16 Å². The van der Waals surface area contributed by atoms with Gasteiger partial charge in [-0.1, -0.05) is 23.8 Å². The lowest BCUT2D eigenvalue weighted by atomic mass is 10.1. The summed E-state index contributed by atoms with van der Waals surface area (Å²) in [5.74, 6) is -1.85. The van der Waals surface area contributed by atoms with Crippen molar-refractivity contribution in [3.8, 4) is 0 Å². The van der Waals surface area contributed by atoms with Crippen molar-refractivity contribution >= 4 is 40.1 Å². The summed E-state index contributed by atoms with van der Waals surface area (Å²) in [6.07, 6.45) is 0.907. The van der Waals surface area contributed by atoms with E-state index in [1.807, 2.05) is 6.92 Å². The summed E-state index contributed by atoms with van der Waals surface area (Å²) in [5, 5.41) is 3.59. The Morgan fingerprint density at radius 3 is 2.95 bits per heavy atom. The molecular weight excluding hydrogens is 302 g/mol. The number of fused-ring (bicyclic) bond motifs is 1. The van der Waals surface area contributed by atoms with Crippen molar-refractivity contribution in [3.05, 3.63) is 23.3 Å². The smallest absolute Gasteiger partial charge is 0.287 e. The normalized spacial score (nSPS) is 18.7. The maximum Gasteiger partial charge on any atom is 0.287 e. The number of rotatable bonds is 3. The summed E-state index contributed by atoms with van der Waals surface area (Å²) < 4.78 is 32.2. The molecule has 21 heavy (non-hydrogen) atoms. The van der Waals surface area contributed by atoms with Gasteiger partial charge in [-0.05, 0) is 12.5 Å². The van der Waals surface area contributed by atoms with Gasteiger partial charge in [-0.15, -0.1) is 0 Å². The molecule has 0 N–H and O–H groups in total. The van der Waals surface area contributed by atoms with E-state index in [0.29, 0.717) is 12.2 Å². The van der Waals surface area contributed by atoms with E-state index in [1.54, 1.807) is 0 Å². The molecule has 1 aromatic carbocycles. The first-order valence-electron chi connectivity index (χ1n) is 6.27. The maximum absolute atomic E-state index is 13.8. The predicted molar refractivity (Wildman–Crippen MR) is 73.7 cm³/mol. The highest BCUT2D eigenvalue weighted by molar-refractivity contribution is 8.14. The monoisotopic (exact) mass is 312 g/mol. The zero-order valence-corrected chi connectivity index (χ0v) is 11.7. The third kappa shape index (κ3) is 2.01. The minimum Gasteiger partial charge on any atom is -0.351 e. The van der Waals surface area contributed by atoms with Gasteiger partial charge in [-0.2, -0.15) is 4.39 Å². The number of aromatic nitrogens is 1. The topological polar surface area (TPSA) is 63.4 Å². The van der Waals surface area contributed by atoms with Crippen LogP contribution in [-0.4, -0.2) is 28.5 Å². The third-order valence-electron chi connectivity index (χ3n) is 3.44. The molecule has 8 heteroatoms. The van der Waals surface area contributed by atoms with Crippen molar-refractivity contribution in [3.63, 3.8) is 0 Å². The van der Waals surface area contributed by atoms with Crippen LogP contribution in [0.1, 0.15) is 23.7 Å². The van der Waals surface area contributed by atoms with Crippen LogP contribution in [0.25, 0.3) is 11.0 Å². The van der Waals surface area contributed by atoms with Crippen LogP contribution < -0.4 is 4.90 Å². The largest absolute Gasteiger partial charge is 0.351 e. The highest BCUT2D eigenvalue weighted by Crippen LogP contribution is 2.37. The second-order valence-corrected chi connectivity index (χ2v) is 5.57. The zero-order valence-electron chi connectivity index (χ0n) is 10.9. The van der Waals surface area contributed by atoms with Crippen LogP contribution in [0, 0.1) is 11.6 Å². The van der Waals surface area contributed by atoms with E-state index in [0.717, 1.165) is 17.8 Å². The van der Waals surface area contributed by atoms with E-state index >= 15 is 0 Å². The predicted octanol–water partition coefficient (Wildman–Crippen LogP) is 3.37. The fourth-order valence-electron chi connectivity index (χ4n) is 2.30. The van der Waals surface area contributed by atoms with Gasteiger partial charge in [-0.3, -0.25) is 14.5 Å². The zero-order chi connectivity index (χ0) is 15.1. The number of nitrogens with zero attached hydrogens (tertiary/aromatic N) is 2. The van der Waals surface area contributed by atoms with Crippen molar-refractivity contribution in [2.45, 2.75) is 19.4 Å². The molecule has 1 aliphatic heterocycles. The van der Waals surface area contributed by atoms with Gasteiger partial charge >= 0.3 is 0 Å². The molecule has 110 valence electrons. The Kier molecular flexibility index (Phi) is 3.40. The maximum atomic E-state index is 13.8. The molecule has 3 rings (SSSR count). The van der Waals surface area contributed by atoms with Crippen molar-refractivity contribution in [2.75, 3.05) is 10.7 Å². The minimum absolute atomic E-state index is 0.0939. The Bertz CT molecular complexity index is 747. The van der Waals surface area contributed by atoms with Gasteiger partial charge in [0.05, 0.1) is 10.9 Å². The van der Waals surface area contributed by atoms with Gasteiger partial charge in [0, 0.05) is 11.8 Å². The summed E-state index contributed by atoms with van der Waals surface area (Å²) in [7, 11) is 0. The molecule has 1 aromatic heterocycles. The molecule has 2 heterocycles. The van der Waals surface area contributed by atoms with Crippen LogP contribution in [0.4, 0.5) is 19.4 Å². The molecule has 2 aromatic rings.